The van der Waals surface area contributed by atoms with Gasteiger partial charge in [0.05, 0.1) is 0 Å². The van der Waals surface area contributed by atoms with E-state index in [0.29, 0.717) is 34.4 Å². The molecule has 0 aliphatic carbocycles. The van der Waals surface area contributed by atoms with Crippen molar-refractivity contribution in [1.82, 2.24) is 5.32 Å². The number of amides is 1. The first-order chi connectivity index (χ1) is 12.0. The van der Waals surface area contributed by atoms with Gasteiger partial charge in [-0.15, -0.1) is 0 Å². The van der Waals surface area contributed by atoms with Crippen molar-refractivity contribution in [3.8, 4) is 5.75 Å². The highest BCUT2D eigenvalue weighted by Crippen LogP contribution is 2.23. The second kappa shape index (κ2) is 9.68. The summed E-state index contributed by atoms with van der Waals surface area (Å²) in [5.74, 6) is 1.35. The Labute approximate surface area is 156 Å². The lowest BCUT2D eigenvalue weighted by Gasteiger charge is -2.09. The topological polar surface area (TPSA) is 38.3 Å². The number of ether oxygens (including phenoxy) is 1. The summed E-state index contributed by atoms with van der Waals surface area (Å²) in [5, 5.41) is 3.22. The maximum Gasteiger partial charge on any atom is 0.257 e. The van der Waals surface area contributed by atoms with Crippen molar-refractivity contribution < 1.29 is 13.9 Å². The Bertz CT molecular complexity index is 699. The lowest BCUT2D eigenvalue weighted by atomic mass is 10.1. The van der Waals surface area contributed by atoms with Crippen LogP contribution in [0, 0.1) is 19.7 Å². The zero-order chi connectivity index (χ0) is 18.2. The van der Waals surface area contributed by atoms with Crippen molar-refractivity contribution >= 4 is 29.3 Å². The molecule has 0 saturated carbocycles. The van der Waals surface area contributed by atoms with E-state index in [1.807, 2.05) is 32.0 Å². The minimum Gasteiger partial charge on any atom is -0.484 e. The summed E-state index contributed by atoms with van der Waals surface area (Å²) in [5.41, 5.74) is 2.69. The molecular weight excluding hydrogens is 361 g/mol. The molecule has 3 nitrogen and oxygen atoms in total. The molecule has 0 aliphatic heterocycles. The van der Waals surface area contributed by atoms with E-state index in [1.165, 1.54) is 17.8 Å². The van der Waals surface area contributed by atoms with Crippen LogP contribution in [0.1, 0.15) is 16.7 Å². The van der Waals surface area contributed by atoms with Crippen LogP contribution in [-0.2, 0) is 10.5 Å². The van der Waals surface area contributed by atoms with E-state index >= 15 is 0 Å². The Morgan fingerprint density at radius 1 is 1.24 bits per heavy atom. The molecule has 134 valence electrons. The number of rotatable bonds is 8. The van der Waals surface area contributed by atoms with Crippen LogP contribution in [0.2, 0.25) is 5.02 Å². The van der Waals surface area contributed by atoms with Crippen molar-refractivity contribution in [3.05, 3.63) is 63.9 Å². The highest BCUT2D eigenvalue weighted by atomic mass is 35.5. The van der Waals surface area contributed by atoms with Crippen LogP contribution < -0.4 is 10.1 Å². The van der Waals surface area contributed by atoms with Crippen molar-refractivity contribution in [3.63, 3.8) is 0 Å². The SMILES string of the molecule is Cc1cc(C)cc(OCC(=O)NCCSCc2c(F)cccc2Cl)c1. The number of nitrogens with one attached hydrogen (secondary N) is 1. The predicted octanol–water partition coefficient (Wildman–Crippen LogP) is 4.52. The first-order valence-corrected chi connectivity index (χ1v) is 9.47. The maximum absolute atomic E-state index is 13.6. The van der Waals surface area contributed by atoms with E-state index in [1.54, 1.807) is 12.1 Å². The van der Waals surface area contributed by atoms with Crippen LogP contribution in [0.25, 0.3) is 0 Å². The summed E-state index contributed by atoms with van der Waals surface area (Å²) >= 11 is 7.49. The summed E-state index contributed by atoms with van der Waals surface area (Å²) in [6.07, 6.45) is 0. The van der Waals surface area contributed by atoms with Gasteiger partial charge in [0, 0.05) is 28.6 Å². The van der Waals surface area contributed by atoms with Crippen molar-refractivity contribution in [2.75, 3.05) is 18.9 Å². The lowest BCUT2D eigenvalue weighted by molar-refractivity contribution is -0.122. The van der Waals surface area contributed by atoms with Gasteiger partial charge in [-0.25, -0.2) is 4.39 Å². The van der Waals surface area contributed by atoms with Crippen LogP contribution in [0.15, 0.2) is 36.4 Å². The first kappa shape index (κ1) is 19.6. The van der Waals surface area contributed by atoms with Crippen molar-refractivity contribution in [1.29, 1.82) is 0 Å². The molecule has 0 heterocycles. The second-order valence-corrected chi connectivity index (χ2v) is 7.23. The standard InChI is InChI=1S/C19H21ClFNO2S/c1-13-8-14(2)10-15(9-13)24-11-19(23)22-6-7-25-12-16-17(20)4-3-5-18(16)21/h3-5,8-10H,6-7,11-12H2,1-2H3,(H,22,23). The quantitative estimate of drug-likeness (QED) is 0.683. The molecule has 0 saturated heterocycles. The van der Waals surface area contributed by atoms with E-state index in [-0.39, 0.29) is 18.3 Å². The average Bonchev–Trinajstić information content (AvgIpc) is 2.54. The number of thioether (sulfide) groups is 1. The van der Waals surface area contributed by atoms with Gasteiger partial charge in [0.15, 0.2) is 6.61 Å². The molecule has 2 rings (SSSR count). The Balaban J connectivity index is 1.65. The van der Waals surface area contributed by atoms with Crippen LogP contribution in [0.5, 0.6) is 5.75 Å². The van der Waals surface area contributed by atoms with E-state index in [2.05, 4.69) is 5.32 Å². The fourth-order valence-corrected chi connectivity index (χ4v) is 3.52. The largest absolute Gasteiger partial charge is 0.484 e. The molecule has 0 bridgehead atoms. The number of halogens is 2. The third-order valence-electron chi connectivity index (χ3n) is 3.44. The van der Waals surface area contributed by atoms with Gasteiger partial charge >= 0.3 is 0 Å². The Kier molecular flexibility index (Phi) is 7.59. The van der Waals surface area contributed by atoms with Gasteiger partial charge in [-0.05, 0) is 49.2 Å². The Morgan fingerprint density at radius 2 is 1.96 bits per heavy atom. The second-order valence-electron chi connectivity index (χ2n) is 5.71. The summed E-state index contributed by atoms with van der Waals surface area (Å²) in [7, 11) is 0. The molecule has 0 atom stereocenters. The fourth-order valence-electron chi connectivity index (χ4n) is 2.32. The van der Waals surface area contributed by atoms with E-state index in [0.717, 1.165) is 11.1 Å². The summed E-state index contributed by atoms with van der Waals surface area (Å²) in [6.45, 7) is 4.44. The molecule has 25 heavy (non-hydrogen) atoms. The molecule has 0 radical (unpaired) electrons. The number of benzene rings is 2. The van der Waals surface area contributed by atoms with Crippen LogP contribution in [0.4, 0.5) is 4.39 Å². The number of aryl methyl sites for hydroxylation is 2. The third kappa shape index (κ3) is 6.59. The molecule has 2 aromatic rings. The zero-order valence-corrected chi connectivity index (χ0v) is 15.8. The molecule has 0 aromatic heterocycles. The molecule has 2 aromatic carbocycles. The maximum atomic E-state index is 13.6. The molecular formula is C19H21ClFNO2S. The van der Waals surface area contributed by atoms with Gasteiger partial charge < -0.3 is 10.1 Å². The molecule has 1 N–H and O–H groups in total. The van der Waals surface area contributed by atoms with Crippen molar-refractivity contribution in [2.24, 2.45) is 0 Å². The highest BCUT2D eigenvalue weighted by Gasteiger charge is 2.07. The van der Waals surface area contributed by atoms with Crippen LogP contribution >= 0.6 is 23.4 Å². The van der Waals surface area contributed by atoms with Crippen molar-refractivity contribution in [2.45, 2.75) is 19.6 Å². The average molecular weight is 382 g/mol. The summed E-state index contributed by atoms with van der Waals surface area (Å²) < 4.78 is 19.1. The van der Waals surface area contributed by atoms with Gasteiger partial charge in [-0.3, -0.25) is 4.79 Å². The van der Waals surface area contributed by atoms with Gasteiger partial charge in [-0.1, -0.05) is 23.7 Å². The minimum atomic E-state index is -0.300. The molecule has 1 amide bonds. The zero-order valence-electron chi connectivity index (χ0n) is 14.3. The number of carbonyl (C=O) groups is 1. The Morgan fingerprint density at radius 3 is 2.64 bits per heavy atom. The third-order valence-corrected chi connectivity index (χ3v) is 4.78. The monoisotopic (exact) mass is 381 g/mol. The van der Waals surface area contributed by atoms with E-state index in [9.17, 15) is 9.18 Å². The number of hydrogen-bond acceptors (Lipinski definition) is 3. The molecule has 0 fully saturated rings. The molecule has 0 spiro atoms. The number of hydrogen-bond donors (Lipinski definition) is 1. The molecule has 0 aliphatic rings. The highest BCUT2D eigenvalue weighted by molar-refractivity contribution is 7.98. The number of carbonyl (C=O) groups excluding carboxylic acids is 1. The summed E-state index contributed by atoms with van der Waals surface area (Å²) in [4.78, 5) is 11.8. The smallest absolute Gasteiger partial charge is 0.257 e. The van der Waals surface area contributed by atoms with E-state index < -0.39 is 0 Å². The van der Waals surface area contributed by atoms with Gasteiger partial charge in [0.1, 0.15) is 11.6 Å². The van der Waals surface area contributed by atoms with Crippen LogP contribution in [0.3, 0.4) is 0 Å². The lowest BCUT2D eigenvalue weighted by Crippen LogP contribution is -2.30. The van der Waals surface area contributed by atoms with Crippen LogP contribution in [-0.4, -0.2) is 24.8 Å². The van der Waals surface area contributed by atoms with Gasteiger partial charge in [-0.2, -0.15) is 11.8 Å². The molecule has 6 heteroatoms. The van der Waals surface area contributed by atoms with Gasteiger partial charge in [0.2, 0.25) is 0 Å². The van der Waals surface area contributed by atoms with Gasteiger partial charge in [0.25, 0.3) is 5.91 Å². The first-order valence-electron chi connectivity index (χ1n) is 7.94. The normalized spacial score (nSPS) is 10.6. The van der Waals surface area contributed by atoms with E-state index in [4.69, 9.17) is 16.3 Å². The fraction of sp³-hybridized carbons (Fsp3) is 0.316. The summed E-state index contributed by atoms with van der Waals surface area (Å²) in [6, 6.07) is 10.5. The minimum absolute atomic E-state index is 0.0211. The predicted molar refractivity (Wildman–Crippen MR) is 102 cm³/mol. The molecule has 0 unspecified atom stereocenters. The Hall–Kier alpha value is -1.72.